The van der Waals surface area contributed by atoms with Gasteiger partial charge in [0.2, 0.25) is 5.91 Å². The van der Waals surface area contributed by atoms with Gasteiger partial charge in [0, 0.05) is 19.0 Å². The van der Waals surface area contributed by atoms with Crippen molar-refractivity contribution in [3.63, 3.8) is 0 Å². The van der Waals surface area contributed by atoms with E-state index in [1.54, 1.807) is 0 Å². The fourth-order valence-corrected chi connectivity index (χ4v) is 2.90. The highest BCUT2D eigenvalue weighted by atomic mass is 16.2. The van der Waals surface area contributed by atoms with Gasteiger partial charge in [0.25, 0.3) is 0 Å². The maximum Gasteiger partial charge on any atom is 0.223 e. The molecule has 0 aliphatic carbocycles. The van der Waals surface area contributed by atoms with Crippen LogP contribution in [0.5, 0.6) is 0 Å². The van der Waals surface area contributed by atoms with Gasteiger partial charge in [0.15, 0.2) is 0 Å². The highest BCUT2D eigenvalue weighted by molar-refractivity contribution is 5.77. The van der Waals surface area contributed by atoms with Crippen LogP contribution in [0.4, 0.5) is 0 Å². The summed E-state index contributed by atoms with van der Waals surface area (Å²) >= 11 is 0. The Balaban J connectivity index is 1.92. The lowest BCUT2D eigenvalue weighted by Gasteiger charge is -2.42. The molecule has 2 aliphatic rings. The molecule has 92 valence electrons. The number of amides is 1. The zero-order chi connectivity index (χ0) is 11.7. The van der Waals surface area contributed by atoms with E-state index in [4.69, 9.17) is 0 Å². The monoisotopic (exact) mass is 224 g/mol. The molecule has 0 saturated carbocycles. The van der Waals surface area contributed by atoms with E-state index < -0.39 is 0 Å². The normalized spacial score (nSPS) is 35.9. The Morgan fingerprint density at radius 1 is 1.31 bits per heavy atom. The van der Waals surface area contributed by atoms with Gasteiger partial charge in [0.05, 0.1) is 0 Å². The van der Waals surface area contributed by atoms with Crippen LogP contribution < -0.4 is 5.32 Å². The summed E-state index contributed by atoms with van der Waals surface area (Å²) in [6.07, 6.45) is 2.01. The van der Waals surface area contributed by atoms with Gasteiger partial charge in [-0.15, -0.1) is 0 Å². The van der Waals surface area contributed by atoms with E-state index in [0.29, 0.717) is 29.7 Å². The Morgan fingerprint density at radius 2 is 2.00 bits per heavy atom. The molecule has 2 fully saturated rings. The first kappa shape index (κ1) is 11.9. The third-order valence-electron chi connectivity index (χ3n) is 4.25. The Bertz CT molecular complexity index is 263. The van der Waals surface area contributed by atoms with Crippen LogP contribution in [-0.2, 0) is 4.79 Å². The van der Waals surface area contributed by atoms with Crippen LogP contribution in [0.1, 0.15) is 33.6 Å². The van der Waals surface area contributed by atoms with Gasteiger partial charge >= 0.3 is 0 Å². The largest absolute Gasteiger partial charge is 0.339 e. The number of nitrogens with zero attached hydrogens (tertiary/aromatic N) is 1. The molecule has 0 aromatic heterocycles. The van der Waals surface area contributed by atoms with Crippen LogP contribution in [0.25, 0.3) is 0 Å². The maximum atomic E-state index is 12.2. The molecule has 0 spiro atoms. The average Bonchev–Trinajstić information content (AvgIpc) is 2.17. The standard InChI is InChI=1S/C13H24N2O/c1-9-4-10(2)11(3)15(8-9)13(16)5-12-6-14-7-12/h9-12,14H,4-8H2,1-3H3. The minimum absolute atomic E-state index is 0.373. The third-order valence-corrected chi connectivity index (χ3v) is 4.25. The number of piperidine rings is 1. The molecule has 0 aromatic carbocycles. The van der Waals surface area contributed by atoms with E-state index >= 15 is 0 Å². The summed E-state index contributed by atoms with van der Waals surface area (Å²) in [6, 6.07) is 0.428. The SMILES string of the molecule is CC1CC(C)C(C)N(C(=O)CC2CNC2)C1. The zero-order valence-electron chi connectivity index (χ0n) is 10.7. The molecule has 2 heterocycles. The maximum absolute atomic E-state index is 12.2. The van der Waals surface area contributed by atoms with Crippen molar-refractivity contribution in [2.24, 2.45) is 17.8 Å². The average molecular weight is 224 g/mol. The molecule has 2 aliphatic heterocycles. The summed E-state index contributed by atoms with van der Waals surface area (Å²) in [7, 11) is 0. The molecule has 3 nitrogen and oxygen atoms in total. The van der Waals surface area contributed by atoms with Crippen molar-refractivity contribution < 1.29 is 4.79 Å². The van der Waals surface area contributed by atoms with Crippen LogP contribution in [0.15, 0.2) is 0 Å². The van der Waals surface area contributed by atoms with E-state index in [9.17, 15) is 4.79 Å². The second kappa shape index (κ2) is 4.74. The molecule has 1 amide bonds. The molecule has 1 N–H and O–H groups in total. The molecule has 2 rings (SSSR count). The Hall–Kier alpha value is -0.570. The molecule has 16 heavy (non-hydrogen) atoms. The van der Waals surface area contributed by atoms with Crippen LogP contribution >= 0.6 is 0 Å². The lowest BCUT2D eigenvalue weighted by molar-refractivity contribution is -0.138. The van der Waals surface area contributed by atoms with E-state index in [0.717, 1.165) is 26.1 Å². The number of likely N-dealkylation sites (tertiary alicyclic amines) is 1. The molecule has 3 atom stereocenters. The smallest absolute Gasteiger partial charge is 0.223 e. The van der Waals surface area contributed by atoms with Crippen molar-refractivity contribution in [3.05, 3.63) is 0 Å². The first-order valence-electron chi connectivity index (χ1n) is 6.58. The van der Waals surface area contributed by atoms with Gasteiger partial charge < -0.3 is 10.2 Å². The number of nitrogens with one attached hydrogen (secondary N) is 1. The lowest BCUT2D eigenvalue weighted by atomic mass is 9.85. The predicted octanol–water partition coefficient (Wildman–Crippen LogP) is 1.49. The number of hydrogen-bond donors (Lipinski definition) is 1. The van der Waals surface area contributed by atoms with Crippen molar-refractivity contribution in [2.45, 2.75) is 39.7 Å². The van der Waals surface area contributed by atoms with Crippen LogP contribution in [0, 0.1) is 17.8 Å². The van der Waals surface area contributed by atoms with Gasteiger partial charge in [-0.05, 0) is 44.2 Å². The minimum Gasteiger partial charge on any atom is -0.339 e. The Kier molecular flexibility index (Phi) is 3.53. The van der Waals surface area contributed by atoms with E-state index in [1.165, 1.54) is 6.42 Å². The van der Waals surface area contributed by atoms with Gasteiger partial charge in [-0.2, -0.15) is 0 Å². The van der Waals surface area contributed by atoms with E-state index in [2.05, 4.69) is 31.0 Å². The Morgan fingerprint density at radius 3 is 2.56 bits per heavy atom. The zero-order valence-corrected chi connectivity index (χ0v) is 10.7. The summed E-state index contributed by atoms with van der Waals surface area (Å²) in [5.41, 5.74) is 0. The highest BCUT2D eigenvalue weighted by Gasteiger charge is 2.33. The van der Waals surface area contributed by atoms with Crippen molar-refractivity contribution in [3.8, 4) is 0 Å². The second-order valence-corrected chi connectivity index (χ2v) is 5.83. The molecule has 0 bridgehead atoms. The summed E-state index contributed by atoms with van der Waals surface area (Å²) in [5.74, 6) is 2.27. The summed E-state index contributed by atoms with van der Waals surface area (Å²) in [4.78, 5) is 14.3. The minimum atomic E-state index is 0.373. The van der Waals surface area contributed by atoms with Gasteiger partial charge in [-0.25, -0.2) is 0 Å². The molecule has 3 heteroatoms. The summed E-state index contributed by atoms with van der Waals surface area (Å²) < 4.78 is 0. The van der Waals surface area contributed by atoms with Crippen LogP contribution in [-0.4, -0.2) is 36.5 Å². The van der Waals surface area contributed by atoms with Crippen molar-refractivity contribution in [1.82, 2.24) is 10.2 Å². The van der Waals surface area contributed by atoms with Gasteiger partial charge in [-0.1, -0.05) is 13.8 Å². The first-order chi connectivity index (χ1) is 7.58. The predicted molar refractivity (Wildman–Crippen MR) is 65.1 cm³/mol. The fourth-order valence-electron chi connectivity index (χ4n) is 2.90. The molecule has 3 unspecified atom stereocenters. The quantitative estimate of drug-likeness (QED) is 0.770. The van der Waals surface area contributed by atoms with Crippen molar-refractivity contribution >= 4 is 5.91 Å². The number of hydrogen-bond acceptors (Lipinski definition) is 2. The molecule has 0 radical (unpaired) electrons. The number of carbonyl (C=O) groups excluding carboxylic acids is 1. The van der Waals surface area contributed by atoms with Gasteiger partial charge in [0.1, 0.15) is 0 Å². The van der Waals surface area contributed by atoms with Crippen molar-refractivity contribution in [1.29, 1.82) is 0 Å². The molecular weight excluding hydrogens is 200 g/mol. The lowest BCUT2D eigenvalue weighted by Crippen LogP contribution is -2.51. The summed E-state index contributed by atoms with van der Waals surface area (Å²) in [5, 5.41) is 3.23. The second-order valence-electron chi connectivity index (χ2n) is 5.83. The molecular formula is C13H24N2O. The van der Waals surface area contributed by atoms with E-state index in [-0.39, 0.29) is 0 Å². The van der Waals surface area contributed by atoms with Crippen LogP contribution in [0.3, 0.4) is 0 Å². The number of rotatable bonds is 2. The third kappa shape index (κ3) is 2.40. The van der Waals surface area contributed by atoms with Crippen molar-refractivity contribution in [2.75, 3.05) is 19.6 Å². The first-order valence-corrected chi connectivity index (χ1v) is 6.58. The molecule has 2 saturated heterocycles. The van der Waals surface area contributed by atoms with Gasteiger partial charge in [-0.3, -0.25) is 4.79 Å². The number of carbonyl (C=O) groups is 1. The Labute approximate surface area is 98.6 Å². The highest BCUT2D eigenvalue weighted by Crippen LogP contribution is 2.28. The van der Waals surface area contributed by atoms with Crippen LogP contribution in [0.2, 0.25) is 0 Å². The molecule has 0 aromatic rings. The fraction of sp³-hybridized carbons (Fsp3) is 0.923. The summed E-state index contributed by atoms with van der Waals surface area (Å²) in [6.45, 7) is 9.75. The van der Waals surface area contributed by atoms with E-state index in [1.807, 2.05) is 0 Å². The topological polar surface area (TPSA) is 32.3 Å².